The first-order valence-electron chi connectivity index (χ1n) is 6.31. The van der Waals surface area contributed by atoms with Crippen molar-refractivity contribution in [2.75, 3.05) is 0 Å². The maximum atomic E-state index is 5.98. The highest BCUT2D eigenvalue weighted by atomic mass is 35.5. The molecule has 0 aliphatic carbocycles. The van der Waals surface area contributed by atoms with Crippen molar-refractivity contribution in [2.45, 2.75) is 12.5 Å². The first kappa shape index (κ1) is 13.6. The van der Waals surface area contributed by atoms with E-state index in [1.54, 1.807) is 11.3 Å². The lowest BCUT2D eigenvalue weighted by atomic mass is 10.1. The highest BCUT2D eigenvalue weighted by molar-refractivity contribution is 7.16. The van der Waals surface area contributed by atoms with Crippen molar-refractivity contribution in [3.63, 3.8) is 0 Å². The van der Waals surface area contributed by atoms with E-state index in [9.17, 15) is 0 Å². The third-order valence-corrected chi connectivity index (χ3v) is 4.61. The van der Waals surface area contributed by atoms with Gasteiger partial charge in [0.2, 0.25) is 0 Å². The highest BCUT2D eigenvalue weighted by Gasteiger charge is 2.18. The molecule has 4 nitrogen and oxygen atoms in total. The van der Waals surface area contributed by atoms with Gasteiger partial charge in [-0.15, -0.1) is 11.3 Å². The number of rotatable bonds is 4. The van der Waals surface area contributed by atoms with Crippen molar-refractivity contribution in [3.8, 4) is 0 Å². The van der Waals surface area contributed by atoms with Crippen LogP contribution in [0.15, 0.2) is 36.4 Å². The maximum absolute atomic E-state index is 5.98. The number of thiophene rings is 1. The molecule has 0 saturated carbocycles. The molecule has 2 heterocycles. The molecule has 0 radical (unpaired) electrons. The molecule has 1 aromatic carbocycles. The summed E-state index contributed by atoms with van der Waals surface area (Å²) in [6.07, 6.45) is 0.773. The Morgan fingerprint density at radius 3 is 2.85 bits per heavy atom. The average Bonchev–Trinajstić information content (AvgIpc) is 3.01. The van der Waals surface area contributed by atoms with Gasteiger partial charge in [-0.1, -0.05) is 29.8 Å². The van der Waals surface area contributed by atoms with Gasteiger partial charge in [-0.05, 0) is 18.2 Å². The molecule has 0 spiro atoms. The monoisotopic (exact) mass is 306 g/mol. The zero-order valence-electron chi connectivity index (χ0n) is 11.0. The van der Waals surface area contributed by atoms with Gasteiger partial charge >= 0.3 is 0 Å². The van der Waals surface area contributed by atoms with Gasteiger partial charge in [0.15, 0.2) is 0 Å². The molecule has 0 aliphatic rings. The number of nitrogens with two attached hydrogens (primary N) is 1. The summed E-state index contributed by atoms with van der Waals surface area (Å²) in [7, 11) is 1.95. The molecule has 104 valence electrons. The summed E-state index contributed by atoms with van der Waals surface area (Å²) < 4.78 is 2.68. The Labute approximate surface area is 126 Å². The van der Waals surface area contributed by atoms with Gasteiger partial charge in [0.05, 0.1) is 21.6 Å². The third-order valence-electron chi connectivity index (χ3n) is 3.35. The molecule has 3 N–H and O–H groups in total. The number of aryl methyl sites for hydroxylation is 1. The summed E-state index contributed by atoms with van der Waals surface area (Å²) >= 11 is 7.55. The van der Waals surface area contributed by atoms with Crippen LogP contribution in [0.3, 0.4) is 0 Å². The van der Waals surface area contributed by atoms with E-state index in [2.05, 4.69) is 22.7 Å². The standard InChI is InChI=1S/C14H15ClN4S/c1-19-12-5-3-2-4-10(12)14(18-19)11(17-16)8-9-6-7-13(15)20-9/h2-7,11,17H,8,16H2,1H3. The van der Waals surface area contributed by atoms with Crippen LogP contribution in [-0.4, -0.2) is 9.78 Å². The fraction of sp³-hybridized carbons (Fsp3) is 0.214. The van der Waals surface area contributed by atoms with Gasteiger partial charge in [0, 0.05) is 23.7 Å². The van der Waals surface area contributed by atoms with Crippen LogP contribution in [0.25, 0.3) is 10.9 Å². The van der Waals surface area contributed by atoms with Gasteiger partial charge in [-0.3, -0.25) is 16.0 Å². The molecular formula is C14H15ClN4S. The van der Waals surface area contributed by atoms with E-state index in [1.807, 2.05) is 36.0 Å². The summed E-state index contributed by atoms with van der Waals surface area (Å²) in [5.74, 6) is 5.73. The van der Waals surface area contributed by atoms with Gasteiger partial charge in [-0.2, -0.15) is 5.10 Å². The normalized spacial score (nSPS) is 12.9. The molecule has 0 bridgehead atoms. The fourth-order valence-electron chi connectivity index (χ4n) is 2.40. The maximum Gasteiger partial charge on any atom is 0.0931 e. The van der Waals surface area contributed by atoms with Gasteiger partial charge in [0.25, 0.3) is 0 Å². The van der Waals surface area contributed by atoms with Crippen LogP contribution < -0.4 is 11.3 Å². The largest absolute Gasteiger partial charge is 0.271 e. The van der Waals surface area contributed by atoms with Crippen LogP contribution in [0.2, 0.25) is 4.34 Å². The number of hydrazine groups is 1. The Balaban J connectivity index is 1.99. The minimum absolute atomic E-state index is 0.0317. The van der Waals surface area contributed by atoms with Gasteiger partial charge in [-0.25, -0.2) is 0 Å². The zero-order chi connectivity index (χ0) is 14.1. The topological polar surface area (TPSA) is 55.9 Å². The number of hydrogen-bond donors (Lipinski definition) is 2. The number of nitrogens with zero attached hydrogens (tertiary/aromatic N) is 2. The minimum atomic E-state index is -0.0317. The summed E-state index contributed by atoms with van der Waals surface area (Å²) in [6, 6.07) is 12.1. The molecule has 6 heteroatoms. The summed E-state index contributed by atoms with van der Waals surface area (Å²) in [4.78, 5) is 1.19. The van der Waals surface area contributed by atoms with Crippen molar-refractivity contribution in [1.82, 2.24) is 15.2 Å². The molecule has 3 rings (SSSR count). The molecule has 2 aromatic heterocycles. The Morgan fingerprint density at radius 2 is 2.15 bits per heavy atom. The predicted octanol–water partition coefficient (Wildman–Crippen LogP) is 3.04. The zero-order valence-corrected chi connectivity index (χ0v) is 12.6. The second-order valence-corrected chi connectivity index (χ2v) is 6.45. The second kappa shape index (κ2) is 5.54. The van der Waals surface area contributed by atoms with E-state index in [4.69, 9.17) is 17.4 Å². The van der Waals surface area contributed by atoms with E-state index in [0.29, 0.717) is 0 Å². The van der Waals surface area contributed by atoms with Gasteiger partial charge in [0.1, 0.15) is 0 Å². The van der Waals surface area contributed by atoms with Crippen LogP contribution in [0.4, 0.5) is 0 Å². The summed E-state index contributed by atoms with van der Waals surface area (Å²) in [5, 5.41) is 5.74. The second-order valence-electron chi connectivity index (χ2n) is 4.66. The molecule has 20 heavy (non-hydrogen) atoms. The number of para-hydroxylation sites is 1. The Hall–Kier alpha value is -1.40. The van der Waals surface area contributed by atoms with Crippen molar-refractivity contribution >= 4 is 33.8 Å². The van der Waals surface area contributed by atoms with Crippen molar-refractivity contribution < 1.29 is 0 Å². The number of hydrogen-bond acceptors (Lipinski definition) is 4. The molecule has 0 saturated heterocycles. The SMILES string of the molecule is Cn1nc(C(Cc2ccc(Cl)s2)NN)c2ccccc21. The van der Waals surface area contributed by atoms with E-state index >= 15 is 0 Å². The van der Waals surface area contributed by atoms with Crippen molar-refractivity contribution in [3.05, 3.63) is 51.3 Å². The van der Waals surface area contributed by atoms with Crippen molar-refractivity contribution in [2.24, 2.45) is 12.9 Å². The van der Waals surface area contributed by atoms with Crippen LogP contribution in [-0.2, 0) is 13.5 Å². The average molecular weight is 307 g/mol. The van der Waals surface area contributed by atoms with Crippen LogP contribution in [0, 0.1) is 0 Å². The number of fused-ring (bicyclic) bond motifs is 1. The number of halogens is 1. The number of aromatic nitrogens is 2. The lowest BCUT2D eigenvalue weighted by Crippen LogP contribution is -2.30. The highest BCUT2D eigenvalue weighted by Crippen LogP contribution is 2.29. The van der Waals surface area contributed by atoms with Crippen molar-refractivity contribution in [1.29, 1.82) is 0 Å². The molecule has 1 atom stereocenters. The first-order valence-corrected chi connectivity index (χ1v) is 7.50. The third kappa shape index (κ3) is 2.45. The molecule has 1 unspecified atom stereocenters. The number of benzene rings is 1. The molecular weight excluding hydrogens is 292 g/mol. The molecule has 0 aliphatic heterocycles. The van der Waals surface area contributed by atoms with E-state index < -0.39 is 0 Å². The van der Waals surface area contributed by atoms with Crippen LogP contribution in [0.1, 0.15) is 16.6 Å². The van der Waals surface area contributed by atoms with Crippen LogP contribution in [0.5, 0.6) is 0 Å². The smallest absolute Gasteiger partial charge is 0.0931 e. The van der Waals surface area contributed by atoms with E-state index in [1.165, 1.54) is 4.88 Å². The predicted molar refractivity (Wildman–Crippen MR) is 83.8 cm³/mol. The Kier molecular flexibility index (Phi) is 3.76. The van der Waals surface area contributed by atoms with Crippen LogP contribution >= 0.6 is 22.9 Å². The Bertz CT molecular complexity index is 734. The molecule has 0 amide bonds. The lowest BCUT2D eigenvalue weighted by molar-refractivity contribution is 0.536. The quantitative estimate of drug-likeness (QED) is 0.575. The molecule has 0 fully saturated rings. The minimum Gasteiger partial charge on any atom is -0.271 e. The van der Waals surface area contributed by atoms with E-state index in [-0.39, 0.29) is 6.04 Å². The summed E-state index contributed by atoms with van der Waals surface area (Å²) in [5.41, 5.74) is 4.94. The Morgan fingerprint density at radius 1 is 1.35 bits per heavy atom. The fourth-order valence-corrected chi connectivity index (χ4v) is 3.53. The molecule has 3 aromatic rings. The first-order chi connectivity index (χ1) is 9.69. The van der Waals surface area contributed by atoms with Gasteiger partial charge < -0.3 is 0 Å². The number of nitrogens with one attached hydrogen (secondary N) is 1. The van der Waals surface area contributed by atoms with E-state index in [0.717, 1.165) is 27.4 Å². The summed E-state index contributed by atoms with van der Waals surface area (Å²) in [6.45, 7) is 0. The lowest BCUT2D eigenvalue weighted by Gasteiger charge is -2.12.